The summed E-state index contributed by atoms with van der Waals surface area (Å²) in [7, 11) is 0. The number of hydrogen-bond acceptors (Lipinski definition) is 3. The van der Waals surface area contributed by atoms with Crippen molar-refractivity contribution >= 4 is 16.9 Å². The molecular weight excluding hydrogens is 319 g/mol. The molecule has 0 radical (unpaired) electrons. The molecule has 0 aliphatic rings. The van der Waals surface area contributed by atoms with Crippen LogP contribution in [0.25, 0.3) is 22.2 Å². The molecule has 0 aliphatic carbocycles. The lowest BCUT2D eigenvalue weighted by atomic mass is 10.1. The minimum atomic E-state index is -4.38. The van der Waals surface area contributed by atoms with E-state index in [-0.39, 0.29) is 0 Å². The largest absolute Gasteiger partial charge is 0.424 e. The molecule has 2 aromatic carbocycles. The van der Waals surface area contributed by atoms with E-state index in [9.17, 15) is 18.0 Å². The standard InChI is InChI=1S/C18H12F3NO2/c1-11(23)24-16-4-2-3-13-7-10-15(22-17(13)16)12-5-8-14(9-6-12)18(19,20)21/h2-10H,1H3. The maximum absolute atomic E-state index is 12.6. The molecular formula is C18H12F3NO2. The second-order valence-electron chi connectivity index (χ2n) is 5.19. The number of aromatic nitrogens is 1. The highest BCUT2D eigenvalue weighted by atomic mass is 19.4. The van der Waals surface area contributed by atoms with E-state index in [1.165, 1.54) is 19.1 Å². The van der Waals surface area contributed by atoms with Crippen LogP contribution in [-0.2, 0) is 11.0 Å². The summed E-state index contributed by atoms with van der Waals surface area (Å²) in [4.78, 5) is 15.6. The van der Waals surface area contributed by atoms with E-state index in [1.54, 1.807) is 24.3 Å². The summed E-state index contributed by atoms with van der Waals surface area (Å²) in [6.07, 6.45) is -4.38. The first kappa shape index (κ1) is 16.0. The number of halogens is 3. The zero-order valence-corrected chi connectivity index (χ0v) is 12.6. The molecule has 0 saturated heterocycles. The van der Waals surface area contributed by atoms with Gasteiger partial charge in [0.1, 0.15) is 5.52 Å². The van der Waals surface area contributed by atoms with Gasteiger partial charge >= 0.3 is 12.1 Å². The Labute approximate surface area is 135 Å². The summed E-state index contributed by atoms with van der Waals surface area (Å²) < 4.78 is 43.1. The third-order valence-corrected chi connectivity index (χ3v) is 3.44. The summed E-state index contributed by atoms with van der Waals surface area (Å²) in [6, 6.07) is 13.4. The molecule has 0 aliphatic heterocycles. The van der Waals surface area contributed by atoms with E-state index in [2.05, 4.69) is 4.98 Å². The van der Waals surface area contributed by atoms with Crippen LogP contribution in [0.3, 0.4) is 0 Å². The highest BCUT2D eigenvalue weighted by Gasteiger charge is 2.30. The van der Waals surface area contributed by atoms with Crippen LogP contribution in [0.4, 0.5) is 13.2 Å². The van der Waals surface area contributed by atoms with Crippen molar-refractivity contribution in [1.82, 2.24) is 4.98 Å². The number of nitrogens with zero attached hydrogens (tertiary/aromatic N) is 1. The van der Waals surface area contributed by atoms with Gasteiger partial charge in [-0.15, -0.1) is 0 Å². The Morgan fingerprint density at radius 3 is 2.33 bits per heavy atom. The van der Waals surface area contributed by atoms with Gasteiger partial charge in [-0.2, -0.15) is 13.2 Å². The summed E-state index contributed by atoms with van der Waals surface area (Å²) >= 11 is 0. The van der Waals surface area contributed by atoms with E-state index < -0.39 is 17.7 Å². The van der Waals surface area contributed by atoms with E-state index in [0.717, 1.165) is 17.5 Å². The fraction of sp³-hybridized carbons (Fsp3) is 0.111. The molecule has 3 nitrogen and oxygen atoms in total. The average molecular weight is 331 g/mol. The molecule has 3 aromatic rings. The maximum atomic E-state index is 12.6. The fourth-order valence-electron chi connectivity index (χ4n) is 2.35. The summed E-state index contributed by atoms with van der Waals surface area (Å²) in [5.74, 6) is -0.155. The number of carbonyl (C=O) groups excluding carboxylic acids is 1. The molecule has 1 aromatic heterocycles. The average Bonchev–Trinajstić information content (AvgIpc) is 2.54. The third kappa shape index (κ3) is 3.22. The lowest BCUT2D eigenvalue weighted by molar-refractivity contribution is -0.137. The molecule has 0 bridgehead atoms. The number of carbonyl (C=O) groups is 1. The topological polar surface area (TPSA) is 39.2 Å². The van der Waals surface area contributed by atoms with Crippen LogP contribution in [0.15, 0.2) is 54.6 Å². The predicted octanol–water partition coefficient (Wildman–Crippen LogP) is 4.85. The molecule has 0 unspecified atom stereocenters. The SMILES string of the molecule is CC(=O)Oc1cccc2ccc(-c3ccc(C(F)(F)F)cc3)nc12. The summed E-state index contributed by atoms with van der Waals surface area (Å²) in [5, 5.41) is 0.768. The fourth-order valence-corrected chi connectivity index (χ4v) is 2.35. The van der Waals surface area contributed by atoms with E-state index >= 15 is 0 Å². The van der Waals surface area contributed by atoms with Crippen molar-refractivity contribution in [3.05, 3.63) is 60.2 Å². The molecule has 6 heteroatoms. The van der Waals surface area contributed by atoms with Gasteiger partial charge in [0.15, 0.2) is 5.75 Å². The van der Waals surface area contributed by atoms with E-state index in [1.807, 2.05) is 6.07 Å². The highest BCUT2D eigenvalue weighted by molar-refractivity contribution is 5.88. The Morgan fingerprint density at radius 2 is 1.71 bits per heavy atom. The van der Waals surface area contributed by atoms with Gasteiger partial charge in [0.05, 0.1) is 11.3 Å². The van der Waals surface area contributed by atoms with Gasteiger partial charge in [0.2, 0.25) is 0 Å². The minimum absolute atomic E-state index is 0.314. The highest BCUT2D eigenvalue weighted by Crippen LogP contribution is 2.32. The van der Waals surface area contributed by atoms with Crippen LogP contribution in [0.1, 0.15) is 12.5 Å². The van der Waals surface area contributed by atoms with Crippen molar-refractivity contribution in [1.29, 1.82) is 0 Å². The normalized spacial score (nSPS) is 11.5. The number of ether oxygens (including phenoxy) is 1. The maximum Gasteiger partial charge on any atom is 0.416 e. The molecule has 0 N–H and O–H groups in total. The van der Waals surface area contributed by atoms with Crippen molar-refractivity contribution in [3.63, 3.8) is 0 Å². The number of para-hydroxylation sites is 1. The zero-order valence-electron chi connectivity index (χ0n) is 12.6. The van der Waals surface area contributed by atoms with Crippen LogP contribution in [-0.4, -0.2) is 11.0 Å². The molecule has 0 atom stereocenters. The number of rotatable bonds is 2. The molecule has 1 heterocycles. The van der Waals surface area contributed by atoms with Gasteiger partial charge in [-0.05, 0) is 24.3 Å². The van der Waals surface area contributed by atoms with Crippen LogP contribution < -0.4 is 4.74 Å². The molecule has 24 heavy (non-hydrogen) atoms. The van der Waals surface area contributed by atoms with Crippen LogP contribution in [0, 0.1) is 0 Å². The van der Waals surface area contributed by atoms with Gasteiger partial charge in [-0.3, -0.25) is 4.79 Å². The number of fused-ring (bicyclic) bond motifs is 1. The van der Waals surface area contributed by atoms with Gasteiger partial charge in [0.25, 0.3) is 0 Å². The van der Waals surface area contributed by atoms with E-state index in [4.69, 9.17) is 4.74 Å². The van der Waals surface area contributed by atoms with Gasteiger partial charge in [0, 0.05) is 17.9 Å². The second kappa shape index (κ2) is 5.96. The molecule has 122 valence electrons. The summed E-state index contributed by atoms with van der Waals surface area (Å²) in [6.45, 7) is 1.29. The Balaban J connectivity index is 2.05. The first-order valence-corrected chi connectivity index (χ1v) is 7.10. The van der Waals surface area contributed by atoms with Gasteiger partial charge in [-0.25, -0.2) is 4.98 Å². The van der Waals surface area contributed by atoms with Crippen molar-refractivity contribution < 1.29 is 22.7 Å². The monoisotopic (exact) mass is 331 g/mol. The Hall–Kier alpha value is -2.89. The Kier molecular flexibility index (Phi) is 3.97. The smallest absolute Gasteiger partial charge is 0.416 e. The summed E-state index contributed by atoms with van der Waals surface area (Å²) in [5.41, 5.74) is 0.802. The van der Waals surface area contributed by atoms with Crippen molar-refractivity contribution in [2.45, 2.75) is 13.1 Å². The first-order valence-electron chi connectivity index (χ1n) is 7.10. The molecule has 0 fully saturated rings. The lowest BCUT2D eigenvalue weighted by Crippen LogP contribution is -2.04. The van der Waals surface area contributed by atoms with Crippen molar-refractivity contribution in [2.24, 2.45) is 0 Å². The minimum Gasteiger partial charge on any atom is -0.424 e. The van der Waals surface area contributed by atoms with Crippen LogP contribution >= 0.6 is 0 Å². The van der Waals surface area contributed by atoms with Gasteiger partial charge in [-0.1, -0.05) is 30.3 Å². The Morgan fingerprint density at radius 1 is 1.00 bits per heavy atom. The van der Waals surface area contributed by atoms with Crippen LogP contribution in [0.5, 0.6) is 5.75 Å². The number of benzene rings is 2. The zero-order chi connectivity index (χ0) is 17.3. The molecule has 0 spiro atoms. The quantitative estimate of drug-likeness (QED) is 0.498. The second-order valence-corrected chi connectivity index (χ2v) is 5.19. The third-order valence-electron chi connectivity index (χ3n) is 3.44. The number of hydrogen-bond donors (Lipinski definition) is 0. The van der Waals surface area contributed by atoms with Crippen molar-refractivity contribution in [2.75, 3.05) is 0 Å². The Bertz CT molecular complexity index is 902. The number of pyridine rings is 1. The molecule has 0 amide bonds. The lowest BCUT2D eigenvalue weighted by Gasteiger charge is -2.09. The van der Waals surface area contributed by atoms with Gasteiger partial charge < -0.3 is 4.74 Å². The predicted molar refractivity (Wildman–Crippen MR) is 83.5 cm³/mol. The van der Waals surface area contributed by atoms with Crippen molar-refractivity contribution in [3.8, 4) is 17.0 Å². The molecule has 3 rings (SSSR count). The molecule has 0 saturated carbocycles. The first-order chi connectivity index (χ1) is 11.3. The van der Waals surface area contributed by atoms with E-state index in [0.29, 0.717) is 22.5 Å². The van der Waals surface area contributed by atoms with Crippen LogP contribution in [0.2, 0.25) is 0 Å². The number of esters is 1. The number of alkyl halides is 3.